The van der Waals surface area contributed by atoms with Gasteiger partial charge in [0.2, 0.25) is 0 Å². The van der Waals surface area contributed by atoms with Crippen LogP contribution in [0.4, 0.5) is 0 Å². The molecule has 0 radical (unpaired) electrons. The number of nitrogens with zero attached hydrogens (tertiary/aromatic N) is 1. The molecular weight excluding hydrogens is 334 g/mol. The summed E-state index contributed by atoms with van der Waals surface area (Å²) in [6.07, 6.45) is 1.11. The van der Waals surface area contributed by atoms with Gasteiger partial charge < -0.3 is 19.1 Å². The Balaban J connectivity index is 2.72. The summed E-state index contributed by atoms with van der Waals surface area (Å²) in [5.74, 6) is 0.277. The van der Waals surface area contributed by atoms with E-state index in [4.69, 9.17) is 9.47 Å². The Morgan fingerprint density at radius 1 is 1.00 bits per heavy atom. The predicted molar refractivity (Wildman–Crippen MR) is 100 cm³/mol. The van der Waals surface area contributed by atoms with Crippen molar-refractivity contribution < 1.29 is 23.8 Å². The Kier molecular flexibility index (Phi) is 9.73. The molecule has 26 heavy (non-hydrogen) atoms. The lowest BCUT2D eigenvalue weighted by molar-refractivity contribution is -0.140. The molecule has 0 bridgehead atoms. The third-order valence-electron chi connectivity index (χ3n) is 3.60. The van der Waals surface area contributed by atoms with Crippen molar-refractivity contribution in [3.63, 3.8) is 0 Å². The van der Waals surface area contributed by atoms with Gasteiger partial charge in [-0.2, -0.15) is 0 Å². The molecule has 0 aliphatic heterocycles. The fraction of sp³-hybridized carbons (Fsp3) is 0.600. The number of amides is 1. The van der Waals surface area contributed by atoms with Crippen molar-refractivity contribution >= 4 is 11.9 Å². The second-order valence-corrected chi connectivity index (χ2v) is 6.58. The van der Waals surface area contributed by atoms with Crippen LogP contribution in [-0.4, -0.2) is 55.8 Å². The second-order valence-electron chi connectivity index (χ2n) is 6.58. The first-order valence-corrected chi connectivity index (χ1v) is 9.08. The molecule has 1 aromatic rings. The molecule has 1 amide bonds. The van der Waals surface area contributed by atoms with E-state index in [1.807, 2.05) is 27.7 Å². The molecule has 146 valence electrons. The van der Waals surface area contributed by atoms with Crippen molar-refractivity contribution in [3.05, 3.63) is 29.8 Å². The highest BCUT2D eigenvalue weighted by atomic mass is 16.5. The Bertz CT molecular complexity index is 554. The maximum Gasteiger partial charge on any atom is 0.307 e. The topological polar surface area (TPSA) is 65.1 Å². The van der Waals surface area contributed by atoms with Gasteiger partial charge in [0.1, 0.15) is 5.75 Å². The van der Waals surface area contributed by atoms with Gasteiger partial charge in [-0.05, 0) is 58.4 Å². The number of benzene rings is 1. The monoisotopic (exact) mass is 365 g/mol. The number of methoxy groups -OCH3 is 1. The average molecular weight is 365 g/mol. The largest absolute Gasteiger partial charge is 0.491 e. The summed E-state index contributed by atoms with van der Waals surface area (Å²) in [4.78, 5) is 25.9. The minimum Gasteiger partial charge on any atom is -0.491 e. The van der Waals surface area contributed by atoms with Crippen LogP contribution in [-0.2, 0) is 14.3 Å². The minimum atomic E-state index is -0.332. The Labute approximate surface area is 156 Å². The zero-order chi connectivity index (χ0) is 19.5. The molecule has 0 saturated heterocycles. The number of ether oxygens (including phenoxy) is 3. The fourth-order valence-corrected chi connectivity index (χ4v) is 2.35. The van der Waals surface area contributed by atoms with Gasteiger partial charge in [-0.1, -0.05) is 0 Å². The second kappa shape index (κ2) is 11.5. The SMILES string of the molecule is COC(=O)CCN(CCCOC(C)C)C(=O)c1ccc(OC(C)C)cc1. The van der Waals surface area contributed by atoms with Crippen LogP contribution < -0.4 is 4.74 Å². The van der Waals surface area contributed by atoms with Gasteiger partial charge in [-0.3, -0.25) is 9.59 Å². The van der Waals surface area contributed by atoms with Crippen molar-refractivity contribution in [2.45, 2.75) is 52.7 Å². The third kappa shape index (κ3) is 8.34. The molecule has 1 rings (SSSR count). The van der Waals surface area contributed by atoms with Gasteiger partial charge in [0.25, 0.3) is 5.91 Å². The summed E-state index contributed by atoms with van der Waals surface area (Å²) in [7, 11) is 1.35. The number of hydrogen-bond donors (Lipinski definition) is 0. The van der Waals surface area contributed by atoms with Gasteiger partial charge in [-0.25, -0.2) is 0 Å². The third-order valence-corrected chi connectivity index (χ3v) is 3.60. The molecule has 0 aromatic heterocycles. The van der Waals surface area contributed by atoms with Crippen molar-refractivity contribution in [1.82, 2.24) is 4.90 Å². The van der Waals surface area contributed by atoms with Gasteiger partial charge in [-0.15, -0.1) is 0 Å². The molecule has 1 aromatic carbocycles. The summed E-state index contributed by atoms with van der Waals surface area (Å²) >= 11 is 0. The summed E-state index contributed by atoms with van der Waals surface area (Å²) in [5, 5.41) is 0. The first-order valence-electron chi connectivity index (χ1n) is 9.08. The van der Waals surface area contributed by atoms with E-state index in [-0.39, 0.29) is 30.5 Å². The van der Waals surface area contributed by atoms with Crippen LogP contribution in [0.15, 0.2) is 24.3 Å². The molecule has 6 nitrogen and oxygen atoms in total. The quantitative estimate of drug-likeness (QED) is 0.445. The molecule has 0 unspecified atom stereocenters. The van der Waals surface area contributed by atoms with E-state index in [2.05, 4.69) is 4.74 Å². The van der Waals surface area contributed by atoms with Gasteiger partial charge in [0.15, 0.2) is 0 Å². The van der Waals surface area contributed by atoms with E-state index < -0.39 is 0 Å². The number of carbonyl (C=O) groups excluding carboxylic acids is 2. The lowest BCUT2D eigenvalue weighted by Crippen LogP contribution is -2.34. The fourth-order valence-electron chi connectivity index (χ4n) is 2.35. The molecule has 0 spiro atoms. The Morgan fingerprint density at radius 2 is 1.65 bits per heavy atom. The maximum absolute atomic E-state index is 12.8. The molecule has 0 N–H and O–H groups in total. The zero-order valence-electron chi connectivity index (χ0n) is 16.5. The van der Waals surface area contributed by atoms with Crippen LogP contribution in [0.5, 0.6) is 5.75 Å². The van der Waals surface area contributed by atoms with Crippen LogP contribution in [0.3, 0.4) is 0 Å². The van der Waals surface area contributed by atoms with Gasteiger partial charge in [0.05, 0.1) is 25.7 Å². The normalized spacial score (nSPS) is 10.9. The van der Waals surface area contributed by atoms with E-state index >= 15 is 0 Å². The lowest BCUT2D eigenvalue weighted by atomic mass is 10.1. The van der Waals surface area contributed by atoms with Crippen LogP contribution in [0.25, 0.3) is 0 Å². The molecule has 0 atom stereocenters. The molecule has 0 aliphatic rings. The number of esters is 1. The van der Waals surface area contributed by atoms with Crippen LogP contribution in [0.2, 0.25) is 0 Å². The molecule has 6 heteroatoms. The van der Waals surface area contributed by atoms with Crippen molar-refractivity contribution in [3.8, 4) is 5.75 Å². The number of carbonyl (C=O) groups is 2. The molecule has 0 heterocycles. The van der Waals surface area contributed by atoms with E-state index in [0.29, 0.717) is 31.7 Å². The van der Waals surface area contributed by atoms with E-state index in [1.165, 1.54) is 7.11 Å². The molecule has 0 fully saturated rings. The number of hydrogen-bond acceptors (Lipinski definition) is 5. The van der Waals surface area contributed by atoms with Gasteiger partial charge in [0, 0.05) is 25.3 Å². The Hall–Kier alpha value is -2.08. The first kappa shape index (κ1) is 22.0. The van der Waals surface area contributed by atoms with Crippen LogP contribution in [0, 0.1) is 0 Å². The summed E-state index contributed by atoms with van der Waals surface area (Å²) in [5.41, 5.74) is 0.566. The lowest BCUT2D eigenvalue weighted by Gasteiger charge is -2.23. The summed E-state index contributed by atoms with van der Waals surface area (Å²) < 4.78 is 15.8. The average Bonchev–Trinajstić information content (AvgIpc) is 2.60. The van der Waals surface area contributed by atoms with Gasteiger partial charge >= 0.3 is 5.97 Å². The zero-order valence-corrected chi connectivity index (χ0v) is 16.5. The summed E-state index contributed by atoms with van der Waals surface area (Å²) in [6.45, 7) is 9.26. The van der Waals surface area contributed by atoms with E-state index in [9.17, 15) is 9.59 Å². The molecular formula is C20H31NO5. The minimum absolute atomic E-state index is 0.0778. The standard InChI is InChI=1S/C20H31NO5/c1-15(2)25-14-6-12-21(13-11-19(22)24-5)20(23)17-7-9-18(10-8-17)26-16(3)4/h7-10,15-16H,6,11-14H2,1-5H3. The highest BCUT2D eigenvalue weighted by Gasteiger charge is 2.17. The van der Waals surface area contributed by atoms with E-state index in [0.717, 1.165) is 5.75 Å². The smallest absolute Gasteiger partial charge is 0.307 e. The molecule has 0 saturated carbocycles. The highest BCUT2D eigenvalue weighted by Crippen LogP contribution is 2.15. The predicted octanol–water partition coefficient (Wildman–Crippen LogP) is 3.29. The molecule has 0 aliphatic carbocycles. The van der Waals surface area contributed by atoms with Crippen molar-refractivity contribution in [2.24, 2.45) is 0 Å². The Morgan fingerprint density at radius 3 is 2.19 bits per heavy atom. The summed E-state index contributed by atoms with van der Waals surface area (Å²) in [6, 6.07) is 7.06. The highest BCUT2D eigenvalue weighted by molar-refractivity contribution is 5.94. The van der Waals surface area contributed by atoms with Crippen LogP contribution in [0.1, 0.15) is 50.9 Å². The van der Waals surface area contributed by atoms with Crippen LogP contribution >= 0.6 is 0 Å². The van der Waals surface area contributed by atoms with E-state index in [1.54, 1.807) is 29.2 Å². The maximum atomic E-state index is 12.8. The van der Waals surface area contributed by atoms with Crippen molar-refractivity contribution in [1.29, 1.82) is 0 Å². The first-order chi connectivity index (χ1) is 12.3. The number of rotatable bonds is 11. The van der Waals surface area contributed by atoms with Crippen molar-refractivity contribution in [2.75, 3.05) is 26.8 Å².